The van der Waals surface area contributed by atoms with Gasteiger partial charge in [-0.05, 0) is 45.8 Å². The summed E-state index contributed by atoms with van der Waals surface area (Å²) in [6.07, 6.45) is 1.88. The van der Waals surface area contributed by atoms with E-state index < -0.39 is 0 Å². The van der Waals surface area contributed by atoms with Gasteiger partial charge in [0.1, 0.15) is 5.75 Å². The average molecular weight is 290 g/mol. The number of carbonyl (C=O) groups is 1. The van der Waals surface area contributed by atoms with Gasteiger partial charge in [0.05, 0.1) is 7.11 Å². The van der Waals surface area contributed by atoms with E-state index in [0.29, 0.717) is 0 Å². The fourth-order valence-corrected chi connectivity index (χ4v) is 2.83. The molecular formula is C17H26N2O2. The lowest BCUT2D eigenvalue weighted by Crippen LogP contribution is -2.42. The molecule has 1 heterocycles. The topological polar surface area (TPSA) is 41.6 Å². The van der Waals surface area contributed by atoms with Crippen LogP contribution in [0.25, 0.3) is 0 Å². The van der Waals surface area contributed by atoms with Crippen LogP contribution >= 0.6 is 0 Å². The molecule has 0 bridgehead atoms. The molecule has 1 aromatic carbocycles. The largest absolute Gasteiger partial charge is 0.496 e. The molecule has 0 aromatic heterocycles. The van der Waals surface area contributed by atoms with Crippen LogP contribution in [0.5, 0.6) is 5.75 Å². The Morgan fingerprint density at radius 3 is 2.62 bits per heavy atom. The van der Waals surface area contributed by atoms with Crippen LogP contribution < -0.4 is 10.1 Å². The number of benzene rings is 1. The van der Waals surface area contributed by atoms with E-state index in [1.165, 1.54) is 5.56 Å². The normalized spacial score (nSPS) is 17.0. The number of ether oxygens (including phenoxy) is 1. The number of hydrogen-bond acceptors (Lipinski definition) is 3. The van der Waals surface area contributed by atoms with Gasteiger partial charge < -0.3 is 10.1 Å². The number of methoxy groups -OCH3 is 1. The van der Waals surface area contributed by atoms with Crippen LogP contribution in [0.2, 0.25) is 0 Å². The Balaban J connectivity index is 1.85. The second-order valence-corrected chi connectivity index (χ2v) is 6.03. The van der Waals surface area contributed by atoms with Gasteiger partial charge >= 0.3 is 0 Å². The van der Waals surface area contributed by atoms with Gasteiger partial charge in [0, 0.05) is 24.1 Å². The summed E-state index contributed by atoms with van der Waals surface area (Å²) in [4.78, 5) is 14.4. The standard InChI is InChI=1S/C17H26N2O2/c1-13(2)18-17(20)14-8-10-19(11-9-14)12-15-6-4-5-7-16(15)21-3/h4-7,13-14H,8-12H2,1-3H3,(H,18,20). The van der Waals surface area contributed by atoms with Gasteiger partial charge in [-0.1, -0.05) is 18.2 Å². The highest BCUT2D eigenvalue weighted by Crippen LogP contribution is 2.23. The number of amides is 1. The molecule has 0 atom stereocenters. The Labute approximate surface area is 127 Å². The number of rotatable bonds is 5. The minimum absolute atomic E-state index is 0.168. The minimum atomic E-state index is 0.168. The SMILES string of the molecule is COc1ccccc1CN1CCC(C(=O)NC(C)C)CC1. The third kappa shape index (κ3) is 4.46. The van der Waals surface area contributed by atoms with E-state index >= 15 is 0 Å². The molecule has 0 unspecified atom stereocenters. The highest BCUT2D eigenvalue weighted by atomic mass is 16.5. The molecule has 1 aromatic rings. The first-order valence-electron chi connectivity index (χ1n) is 7.74. The maximum Gasteiger partial charge on any atom is 0.223 e. The average Bonchev–Trinajstić information content (AvgIpc) is 2.48. The summed E-state index contributed by atoms with van der Waals surface area (Å²) in [5.41, 5.74) is 1.21. The number of para-hydroxylation sites is 1. The van der Waals surface area contributed by atoms with Crippen molar-refractivity contribution in [2.24, 2.45) is 5.92 Å². The lowest BCUT2D eigenvalue weighted by atomic mass is 9.95. The third-order valence-corrected chi connectivity index (χ3v) is 3.98. The predicted molar refractivity (Wildman–Crippen MR) is 84.3 cm³/mol. The van der Waals surface area contributed by atoms with E-state index in [1.54, 1.807) is 7.11 Å². The quantitative estimate of drug-likeness (QED) is 0.905. The highest BCUT2D eigenvalue weighted by molar-refractivity contribution is 5.78. The zero-order valence-corrected chi connectivity index (χ0v) is 13.3. The van der Waals surface area contributed by atoms with Crippen molar-refractivity contribution in [2.75, 3.05) is 20.2 Å². The smallest absolute Gasteiger partial charge is 0.223 e. The zero-order chi connectivity index (χ0) is 15.2. The summed E-state index contributed by atoms with van der Waals surface area (Å²) in [5.74, 6) is 1.32. The van der Waals surface area contributed by atoms with E-state index in [0.717, 1.165) is 38.2 Å². The highest BCUT2D eigenvalue weighted by Gasteiger charge is 2.25. The third-order valence-electron chi connectivity index (χ3n) is 3.98. The summed E-state index contributed by atoms with van der Waals surface area (Å²) in [7, 11) is 1.71. The van der Waals surface area contributed by atoms with E-state index in [4.69, 9.17) is 4.74 Å². The van der Waals surface area contributed by atoms with Gasteiger partial charge in [-0.3, -0.25) is 9.69 Å². The van der Waals surface area contributed by atoms with Gasteiger partial charge in [0.2, 0.25) is 5.91 Å². The molecule has 1 saturated heterocycles. The summed E-state index contributed by atoms with van der Waals surface area (Å²) in [5, 5.41) is 3.02. The molecule has 1 aliphatic heterocycles. The first kappa shape index (κ1) is 15.8. The maximum absolute atomic E-state index is 12.0. The van der Waals surface area contributed by atoms with E-state index in [9.17, 15) is 4.79 Å². The molecule has 0 saturated carbocycles. The molecule has 4 nitrogen and oxygen atoms in total. The molecule has 1 N–H and O–H groups in total. The minimum Gasteiger partial charge on any atom is -0.496 e. The van der Waals surface area contributed by atoms with Crippen molar-refractivity contribution >= 4 is 5.91 Å². The Morgan fingerprint density at radius 1 is 1.33 bits per heavy atom. The van der Waals surface area contributed by atoms with E-state index in [-0.39, 0.29) is 17.9 Å². The predicted octanol–water partition coefficient (Wildman–Crippen LogP) is 2.43. The van der Waals surface area contributed by atoms with Crippen LogP contribution in [0.4, 0.5) is 0 Å². The van der Waals surface area contributed by atoms with Crippen molar-refractivity contribution in [3.8, 4) is 5.75 Å². The molecule has 1 fully saturated rings. The van der Waals surface area contributed by atoms with Crippen LogP contribution in [-0.2, 0) is 11.3 Å². The Morgan fingerprint density at radius 2 is 2.00 bits per heavy atom. The van der Waals surface area contributed by atoms with Gasteiger partial charge in [-0.15, -0.1) is 0 Å². The first-order valence-corrected chi connectivity index (χ1v) is 7.74. The van der Waals surface area contributed by atoms with Crippen molar-refractivity contribution in [3.05, 3.63) is 29.8 Å². The molecule has 2 rings (SSSR count). The van der Waals surface area contributed by atoms with Gasteiger partial charge in [0.15, 0.2) is 0 Å². The van der Waals surface area contributed by atoms with Crippen LogP contribution in [0.3, 0.4) is 0 Å². The number of nitrogens with zero attached hydrogens (tertiary/aromatic N) is 1. The Kier molecular flexibility index (Phi) is 5.62. The van der Waals surface area contributed by atoms with Crippen LogP contribution in [0.1, 0.15) is 32.3 Å². The number of carbonyl (C=O) groups excluding carboxylic acids is 1. The van der Waals surface area contributed by atoms with Gasteiger partial charge in [-0.2, -0.15) is 0 Å². The first-order chi connectivity index (χ1) is 10.1. The molecular weight excluding hydrogens is 264 g/mol. The lowest BCUT2D eigenvalue weighted by molar-refractivity contribution is -0.127. The fraction of sp³-hybridized carbons (Fsp3) is 0.588. The molecule has 116 valence electrons. The summed E-state index contributed by atoms with van der Waals surface area (Å²) in [6, 6.07) is 8.36. The van der Waals surface area contributed by atoms with E-state index in [2.05, 4.69) is 16.3 Å². The summed E-state index contributed by atoms with van der Waals surface area (Å²) >= 11 is 0. The Hall–Kier alpha value is -1.55. The molecule has 0 aliphatic carbocycles. The zero-order valence-electron chi connectivity index (χ0n) is 13.3. The van der Waals surface area contributed by atoms with E-state index in [1.807, 2.05) is 32.0 Å². The van der Waals surface area contributed by atoms with Crippen molar-refractivity contribution in [2.45, 2.75) is 39.3 Å². The van der Waals surface area contributed by atoms with Crippen molar-refractivity contribution in [1.82, 2.24) is 10.2 Å². The molecule has 21 heavy (non-hydrogen) atoms. The number of nitrogens with one attached hydrogen (secondary N) is 1. The van der Waals surface area contributed by atoms with Crippen LogP contribution in [0.15, 0.2) is 24.3 Å². The number of hydrogen-bond donors (Lipinski definition) is 1. The lowest BCUT2D eigenvalue weighted by Gasteiger charge is -2.31. The maximum atomic E-state index is 12.0. The van der Waals surface area contributed by atoms with Crippen LogP contribution in [0, 0.1) is 5.92 Å². The second kappa shape index (κ2) is 7.46. The fourth-order valence-electron chi connectivity index (χ4n) is 2.83. The number of piperidine rings is 1. The van der Waals surface area contributed by atoms with Gasteiger partial charge in [-0.25, -0.2) is 0 Å². The summed E-state index contributed by atoms with van der Waals surface area (Å²) < 4.78 is 5.40. The van der Waals surface area contributed by atoms with Crippen molar-refractivity contribution < 1.29 is 9.53 Å². The molecule has 4 heteroatoms. The van der Waals surface area contributed by atoms with Gasteiger partial charge in [0.25, 0.3) is 0 Å². The summed E-state index contributed by atoms with van der Waals surface area (Å²) in [6.45, 7) is 6.84. The number of likely N-dealkylation sites (tertiary alicyclic amines) is 1. The van der Waals surface area contributed by atoms with Crippen molar-refractivity contribution in [3.63, 3.8) is 0 Å². The second-order valence-electron chi connectivity index (χ2n) is 6.03. The van der Waals surface area contributed by atoms with Crippen molar-refractivity contribution in [1.29, 1.82) is 0 Å². The monoisotopic (exact) mass is 290 g/mol. The van der Waals surface area contributed by atoms with Crippen LogP contribution in [-0.4, -0.2) is 37.0 Å². The molecule has 1 amide bonds. The molecule has 0 radical (unpaired) electrons. The molecule has 1 aliphatic rings. The Bertz CT molecular complexity index is 466. The molecule has 0 spiro atoms.